The fourth-order valence-corrected chi connectivity index (χ4v) is 1.98. The van der Waals surface area contributed by atoms with E-state index in [1.165, 1.54) is 6.92 Å². The third-order valence-electron chi connectivity index (χ3n) is 3.25. The van der Waals surface area contributed by atoms with Gasteiger partial charge in [-0.25, -0.2) is 9.59 Å². The summed E-state index contributed by atoms with van der Waals surface area (Å²) in [6, 6.07) is 6.77. The van der Waals surface area contributed by atoms with E-state index in [1.54, 1.807) is 12.1 Å². The molecule has 0 bridgehead atoms. The lowest BCUT2D eigenvalue weighted by Gasteiger charge is -2.25. The molecule has 0 radical (unpaired) electrons. The second-order valence-electron chi connectivity index (χ2n) is 5.41. The molecule has 0 aromatic heterocycles. The summed E-state index contributed by atoms with van der Waals surface area (Å²) in [5, 5.41) is 14.4. The SMILES string of the molecule is CCCC(C)(NC(=O)Nc1ccc(N(C)C)cc1)C(=O)O. The highest BCUT2D eigenvalue weighted by Gasteiger charge is 2.33. The Bertz CT molecular complexity index is 499. The van der Waals surface area contributed by atoms with Gasteiger partial charge < -0.3 is 20.6 Å². The molecule has 1 aromatic carbocycles. The van der Waals surface area contributed by atoms with E-state index in [9.17, 15) is 14.7 Å². The molecule has 0 spiro atoms. The van der Waals surface area contributed by atoms with E-state index in [1.807, 2.05) is 38.1 Å². The van der Waals surface area contributed by atoms with Crippen molar-refractivity contribution in [3.05, 3.63) is 24.3 Å². The van der Waals surface area contributed by atoms with Gasteiger partial charge in [0.2, 0.25) is 0 Å². The normalized spacial score (nSPS) is 13.1. The highest BCUT2D eigenvalue weighted by atomic mass is 16.4. The Morgan fingerprint density at radius 3 is 2.24 bits per heavy atom. The number of hydrogen-bond donors (Lipinski definition) is 3. The number of anilines is 2. The first-order chi connectivity index (χ1) is 9.78. The lowest BCUT2D eigenvalue weighted by molar-refractivity contribution is -0.143. The quantitative estimate of drug-likeness (QED) is 0.752. The Kier molecular flexibility index (Phi) is 5.58. The lowest BCUT2D eigenvalue weighted by Crippen LogP contribution is -2.53. The summed E-state index contributed by atoms with van der Waals surface area (Å²) in [6.45, 7) is 3.38. The molecule has 6 heteroatoms. The molecule has 0 saturated heterocycles. The van der Waals surface area contributed by atoms with Gasteiger partial charge in [0.1, 0.15) is 5.54 Å². The summed E-state index contributed by atoms with van der Waals surface area (Å²) >= 11 is 0. The van der Waals surface area contributed by atoms with Crippen molar-refractivity contribution < 1.29 is 14.7 Å². The maximum atomic E-state index is 11.9. The van der Waals surface area contributed by atoms with E-state index in [2.05, 4.69) is 10.6 Å². The Morgan fingerprint density at radius 1 is 1.24 bits per heavy atom. The van der Waals surface area contributed by atoms with E-state index >= 15 is 0 Å². The smallest absolute Gasteiger partial charge is 0.329 e. The number of benzene rings is 1. The van der Waals surface area contributed by atoms with Crippen molar-refractivity contribution in [1.82, 2.24) is 5.32 Å². The maximum Gasteiger partial charge on any atom is 0.329 e. The van der Waals surface area contributed by atoms with Crippen LogP contribution in [0.3, 0.4) is 0 Å². The minimum atomic E-state index is -1.26. The van der Waals surface area contributed by atoms with Crippen LogP contribution in [0.5, 0.6) is 0 Å². The van der Waals surface area contributed by atoms with E-state index in [4.69, 9.17) is 0 Å². The largest absolute Gasteiger partial charge is 0.480 e. The number of carboxylic acids is 1. The van der Waals surface area contributed by atoms with Crippen LogP contribution in [-0.4, -0.2) is 36.7 Å². The average molecular weight is 293 g/mol. The predicted molar refractivity (Wildman–Crippen MR) is 83.9 cm³/mol. The van der Waals surface area contributed by atoms with Crippen molar-refractivity contribution in [1.29, 1.82) is 0 Å². The summed E-state index contributed by atoms with van der Waals surface area (Å²) in [5.74, 6) is -1.04. The first-order valence-corrected chi connectivity index (χ1v) is 6.88. The molecule has 21 heavy (non-hydrogen) atoms. The van der Waals surface area contributed by atoms with Crippen LogP contribution in [0.4, 0.5) is 16.2 Å². The van der Waals surface area contributed by atoms with Crippen molar-refractivity contribution >= 4 is 23.4 Å². The van der Waals surface area contributed by atoms with Crippen LogP contribution in [0.2, 0.25) is 0 Å². The van der Waals surface area contributed by atoms with Crippen molar-refractivity contribution in [3.8, 4) is 0 Å². The minimum absolute atomic E-state index is 0.370. The van der Waals surface area contributed by atoms with Crippen molar-refractivity contribution in [3.63, 3.8) is 0 Å². The fourth-order valence-electron chi connectivity index (χ4n) is 1.98. The molecule has 1 rings (SSSR count). The second kappa shape index (κ2) is 6.97. The molecule has 0 aliphatic heterocycles. The topological polar surface area (TPSA) is 81.7 Å². The monoisotopic (exact) mass is 293 g/mol. The van der Waals surface area contributed by atoms with E-state index < -0.39 is 17.5 Å². The van der Waals surface area contributed by atoms with E-state index in [-0.39, 0.29) is 0 Å². The Morgan fingerprint density at radius 2 is 1.81 bits per heavy atom. The summed E-state index contributed by atoms with van der Waals surface area (Å²) in [4.78, 5) is 25.2. The number of amides is 2. The van der Waals surface area contributed by atoms with Gasteiger partial charge in [-0.2, -0.15) is 0 Å². The van der Waals surface area contributed by atoms with Crippen molar-refractivity contribution in [2.75, 3.05) is 24.3 Å². The van der Waals surface area contributed by atoms with Gasteiger partial charge in [0.15, 0.2) is 0 Å². The lowest BCUT2D eigenvalue weighted by atomic mass is 9.97. The molecule has 1 unspecified atom stereocenters. The number of carboxylic acid groups (broad SMARTS) is 1. The van der Waals surface area contributed by atoms with Crippen LogP contribution < -0.4 is 15.5 Å². The highest BCUT2D eigenvalue weighted by Crippen LogP contribution is 2.17. The van der Waals surface area contributed by atoms with Crippen LogP contribution in [0.15, 0.2) is 24.3 Å². The van der Waals surface area contributed by atoms with Gasteiger partial charge >= 0.3 is 12.0 Å². The minimum Gasteiger partial charge on any atom is -0.480 e. The maximum absolute atomic E-state index is 11.9. The molecule has 3 N–H and O–H groups in total. The number of urea groups is 1. The Hall–Kier alpha value is -2.24. The van der Waals surface area contributed by atoms with E-state index in [0.717, 1.165) is 5.69 Å². The number of carbonyl (C=O) groups is 2. The Balaban J connectivity index is 2.70. The molecule has 1 aromatic rings. The average Bonchev–Trinajstić information content (AvgIpc) is 2.39. The highest BCUT2D eigenvalue weighted by molar-refractivity contribution is 5.93. The van der Waals surface area contributed by atoms with Gasteiger partial charge in [0.05, 0.1) is 0 Å². The zero-order valence-corrected chi connectivity index (χ0v) is 12.9. The molecular weight excluding hydrogens is 270 g/mol. The summed E-state index contributed by atoms with van der Waals surface area (Å²) in [5.41, 5.74) is 0.368. The van der Waals surface area contributed by atoms with Crippen molar-refractivity contribution in [2.24, 2.45) is 0 Å². The number of hydrogen-bond acceptors (Lipinski definition) is 3. The molecule has 0 fully saturated rings. The van der Waals surface area contributed by atoms with Crippen molar-refractivity contribution in [2.45, 2.75) is 32.2 Å². The van der Waals surface area contributed by atoms with Crippen LogP contribution >= 0.6 is 0 Å². The summed E-state index contributed by atoms with van der Waals surface area (Å²) < 4.78 is 0. The van der Waals surface area contributed by atoms with Crippen LogP contribution in [0.25, 0.3) is 0 Å². The molecule has 116 valence electrons. The fraction of sp³-hybridized carbons (Fsp3) is 0.467. The molecule has 0 saturated carbocycles. The van der Waals surface area contributed by atoms with Crippen LogP contribution in [-0.2, 0) is 4.79 Å². The zero-order valence-electron chi connectivity index (χ0n) is 12.9. The van der Waals surface area contributed by atoms with Gasteiger partial charge in [-0.05, 0) is 37.6 Å². The molecule has 0 heterocycles. The third-order valence-corrected chi connectivity index (χ3v) is 3.25. The molecule has 1 atom stereocenters. The number of aliphatic carboxylic acids is 1. The van der Waals surface area contributed by atoms with Gasteiger partial charge in [-0.3, -0.25) is 0 Å². The number of nitrogens with one attached hydrogen (secondary N) is 2. The number of nitrogens with zero attached hydrogens (tertiary/aromatic N) is 1. The molecule has 6 nitrogen and oxygen atoms in total. The molecular formula is C15H23N3O3. The molecule has 2 amide bonds. The van der Waals surface area contributed by atoms with Gasteiger partial charge in [0, 0.05) is 25.5 Å². The number of rotatable bonds is 6. The van der Waals surface area contributed by atoms with Crippen LogP contribution in [0, 0.1) is 0 Å². The molecule has 0 aliphatic carbocycles. The number of carbonyl (C=O) groups excluding carboxylic acids is 1. The van der Waals surface area contributed by atoms with Crippen LogP contribution in [0.1, 0.15) is 26.7 Å². The summed E-state index contributed by atoms with van der Waals surface area (Å²) in [7, 11) is 3.86. The Labute approximate surface area is 125 Å². The van der Waals surface area contributed by atoms with Gasteiger partial charge in [-0.15, -0.1) is 0 Å². The first-order valence-electron chi connectivity index (χ1n) is 6.88. The second-order valence-corrected chi connectivity index (χ2v) is 5.41. The third kappa shape index (κ3) is 4.66. The molecule has 0 aliphatic rings. The predicted octanol–water partition coefficient (Wildman–Crippen LogP) is 2.52. The van der Waals surface area contributed by atoms with Gasteiger partial charge in [-0.1, -0.05) is 13.3 Å². The zero-order chi connectivity index (χ0) is 16.0. The standard InChI is InChI=1S/C15H23N3O3/c1-5-10-15(2,13(19)20)17-14(21)16-11-6-8-12(9-7-11)18(3)4/h6-9H,5,10H2,1-4H3,(H,19,20)(H2,16,17,21). The van der Waals surface area contributed by atoms with E-state index in [0.29, 0.717) is 18.5 Å². The van der Waals surface area contributed by atoms with Gasteiger partial charge in [0.25, 0.3) is 0 Å². The summed E-state index contributed by atoms with van der Waals surface area (Å²) in [6.07, 6.45) is 1.04. The first kappa shape index (κ1) is 16.8.